The Morgan fingerprint density at radius 1 is 1.31 bits per heavy atom. The van der Waals surface area contributed by atoms with Crippen molar-refractivity contribution < 1.29 is 22.5 Å². The lowest BCUT2D eigenvalue weighted by Crippen LogP contribution is -2.35. The molecule has 1 aromatic carbocycles. The number of amides is 1. The number of hydrogen-bond acceptors (Lipinski definition) is 6. The van der Waals surface area contributed by atoms with Crippen LogP contribution >= 0.6 is 0 Å². The third kappa shape index (κ3) is 3.88. The molecule has 0 spiro atoms. The fraction of sp³-hybridized carbons (Fsp3) is 0.412. The molecule has 1 aliphatic heterocycles. The first-order valence-corrected chi connectivity index (χ1v) is 9.80. The summed E-state index contributed by atoms with van der Waals surface area (Å²) >= 11 is 0. The fourth-order valence-electron chi connectivity index (χ4n) is 2.99. The highest BCUT2D eigenvalue weighted by molar-refractivity contribution is 7.89. The Morgan fingerprint density at radius 3 is 2.81 bits per heavy atom. The monoisotopic (exact) mass is 379 g/mol. The van der Waals surface area contributed by atoms with Crippen molar-refractivity contribution in [3.05, 3.63) is 41.3 Å². The number of nitrogens with zero attached hydrogens (tertiary/aromatic N) is 1. The van der Waals surface area contributed by atoms with Gasteiger partial charge in [-0.25, -0.2) is 13.1 Å². The number of carbonyl (C=O) groups is 1. The normalized spacial score (nSPS) is 16.6. The van der Waals surface area contributed by atoms with Crippen molar-refractivity contribution in [3.8, 4) is 5.75 Å². The van der Waals surface area contributed by atoms with Gasteiger partial charge in [-0.05, 0) is 19.9 Å². The van der Waals surface area contributed by atoms with Crippen LogP contribution in [0.4, 0.5) is 0 Å². The number of para-hydroxylation sites is 1. The highest BCUT2D eigenvalue weighted by atomic mass is 32.2. The van der Waals surface area contributed by atoms with Gasteiger partial charge in [0.2, 0.25) is 15.9 Å². The Morgan fingerprint density at radius 2 is 2.08 bits per heavy atom. The summed E-state index contributed by atoms with van der Waals surface area (Å²) in [5.41, 5.74) is 1.22. The number of rotatable bonds is 6. The molecule has 8 nitrogen and oxygen atoms in total. The van der Waals surface area contributed by atoms with Crippen molar-refractivity contribution in [1.82, 2.24) is 15.2 Å². The summed E-state index contributed by atoms with van der Waals surface area (Å²) in [6, 6.07) is 7.42. The first-order chi connectivity index (χ1) is 12.4. The van der Waals surface area contributed by atoms with E-state index in [2.05, 4.69) is 15.2 Å². The predicted octanol–water partition coefficient (Wildman–Crippen LogP) is 1.60. The first-order valence-electron chi connectivity index (χ1n) is 8.32. The molecule has 26 heavy (non-hydrogen) atoms. The van der Waals surface area contributed by atoms with Crippen LogP contribution in [0, 0.1) is 13.8 Å². The van der Waals surface area contributed by atoms with E-state index in [-0.39, 0.29) is 35.6 Å². The number of fused-ring (bicyclic) bond motifs is 1. The second kappa shape index (κ2) is 7.46. The summed E-state index contributed by atoms with van der Waals surface area (Å²) in [6.07, 6.45) is 0.704. The molecule has 0 aliphatic carbocycles. The number of aromatic nitrogens is 1. The standard InChI is InChI=1S/C17H21N3O5S/c1-11-17(12(2)25-20-11)26(22,23)18-9-7-16(21)19-14-8-10-24-15-6-4-3-5-13(14)15/h3-6,14,18H,7-10H2,1-2H3,(H,19,21). The van der Waals surface area contributed by atoms with E-state index in [0.717, 1.165) is 11.3 Å². The van der Waals surface area contributed by atoms with Gasteiger partial charge in [-0.1, -0.05) is 23.4 Å². The Hall–Kier alpha value is -2.39. The minimum absolute atomic E-state index is 0.0108. The van der Waals surface area contributed by atoms with Gasteiger partial charge in [0.05, 0.1) is 12.6 Å². The minimum Gasteiger partial charge on any atom is -0.493 e. The lowest BCUT2D eigenvalue weighted by atomic mass is 10.0. The van der Waals surface area contributed by atoms with E-state index in [0.29, 0.717) is 18.7 Å². The van der Waals surface area contributed by atoms with Crippen LogP contribution in [0.3, 0.4) is 0 Å². The van der Waals surface area contributed by atoms with E-state index in [1.165, 1.54) is 6.92 Å². The molecule has 2 heterocycles. The Kier molecular flexibility index (Phi) is 5.28. The van der Waals surface area contributed by atoms with Crippen LogP contribution in [-0.2, 0) is 14.8 Å². The van der Waals surface area contributed by atoms with Gasteiger partial charge < -0.3 is 14.6 Å². The molecule has 1 aliphatic rings. The molecule has 0 bridgehead atoms. The smallest absolute Gasteiger partial charge is 0.245 e. The van der Waals surface area contributed by atoms with Gasteiger partial charge in [0.25, 0.3) is 0 Å². The van der Waals surface area contributed by atoms with Crippen LogP contribution in [0.1, 0.15) is 35.9 Å². The summed E-state index contributed by atoms with van der Waals surface area (Å²) in [7, 11) is -3.76. The molecule has 1 atom stereocenters. The molecule has 140 valence electrons. The quantitative estimate of drug-likeness (QED) is 0.789. The molecule has 3 rings (SSSR count). The van der Waals surface area contributed by atoms with Crippen molar-refractivity contribution in [2.45, 2.75) is 37.6 Å². The molecular formula is C17H21N3O5S. The topological polar surface area (TPSA) is 111 Å². The van der Waals surface area contributed by atoms with Crippen molar-refractivity contribution >= 4 is 15.9 Å². The second-order valence-corrected chi connectivity index (χ2v) is 7.80. The van der Waals surface area contributed by atoms with E-state index in [1.54, 1.807) is 6.92 Å². The second-order valence-electron chi connectivity index (χ2n) is 6.10. The molecule has 2 N–H and O–H groups in total. The minimum atomic E-state index is -3.76. The van der Waals surface area contributed by atoms with Crippen LogP contribution in [0.25, 0.3) is 0 Å². The third-order valence-electron chi connectivity index (χ3n) is 4.17. The highest BCUT2D eigenvalue weighted by Gasteiger charge is 2.25. The third-order valence-corrected chi connectivity index (χ3v) is 5.88. The SMILES string of the molecule is Cc1noc(C)c1S(=O)(=O)NCCC(=O)NC1CCOc2ccccc21. The van der Waals surface area contributed by atoms with Gasteiger partial charge in [-0.15, -0.1) is 0 Å². The van der Waals surface area contributed by atoms with Crippen LogP contribution < -0.4 is 14.8 Å². The van der Waals surface area contributed by atoms with E-state index >= 15 is 0 Å². The van der Waals surface area contributed by atoms with Gasteiger partial charge in [0.15, 0.2) is 5.76 Å². The Bertz CT molecular complexity index is 887. The molecule has 9 heteroatoms. The van der Waals surface area contributed by atoms with E-state index in [4.69, 9.17) is 9.26 Å². The van der Waals surface area contributed by atoms with Crippen molar-refractivity contribution in [3.63, 3.8) is 0 Å². The number of carbonyl (C=O) groups excluding carboxylic acids is 1. The van der Waals surface area contributed by atoms with Gasteiger partial charge in [0, 0.05) is 24.9 Å². The molecular weight excluding hydrogens is 358 g/mol. The van der Waals surface area contributed by atoms with Gasteiger partial charge >= 0.3 is 0 Å². The number of hydrogen-bond donors (Lipinski definition) is 2. The summed E-state index contributed by atoms with van der Waals surface area (Å²) in [4.78, 5) is 12.2. The largest absolute Gasteiger partial charge is 0.493 e. The average Bonchev–Trinajstić information content (AvgIpc) is 2.94. The van der Waals surface area contributed by atoms with Crippen molar-refractivity contribution in [2.24, 2.45) is 0 Å². The van der Waals surface area contributed by atoms with Crippen molar-refractivity contribution in [2.75, 3.05) is 13.2 Å². The summed E-state index contributed by atoms with van der Waals surface area (Å²) in [6.45, 7) is 3.61. The molecule has 0 fully saturated rings. The summed E-state index contributed by atoms with van der Waals surface area (Å²) < 4.78 is 37.5. The number of benzene rings is 1. The molecule has 1 aromatic heterocycles. The summed E-state index contributed by atoms with van der Waals surface area (Å²) in [5, 5.41) is 6.57. The summed E-state index contributed by atoms with van der Waals surface area (Å²) in [5.74, 6) is 0.759. The number of ether oxygens (including phenoxy) is 1. The Balaban J connectivity index is 1.56. The lowest BCUT2D eigenvalue weighted by Gasteiger charge is -2.26. The maximum Gasteiger partial charge on any atom is 0.245 e. The maximum atomic E-state index is 12.3. The zero-order chi connectivity index (χ0) is 18.7. The van der Waals surface area contributed by atoms with Crippen LogP contribution in [-0.4, -0.2) is 32.6 Å². The van der Waals surface area contributed by atoms with Gasteiger partial charge in [0.1, 0.15) is 16.3 Å². The number of nitrogens with one attached hydrogen (secondary N) is 2. The molecule has 0 saturated carbocycles. The predicted molar refractivity (Wildman–Crippen MR) is 93.2 cm³/mol. The van der Waals surface area contributed by atoms with Crippen molar-refractivity contribution in [1.29, 1.82) is 0 Å². The average molecular weight is 379 g/mol. The van der Waals surface area contributed by atoms with Crippen LogP contribution in [0.2, 0.25) is 0 Å². The zero-order valence-electron chi connectivity index (χ0n) is 14.6. The zero-order valence-corrected chi connectivity index (χ0v) is 15.4. The van der Waals surface area contributed by atoms with Crippen LogP contribution in [0.15, 0.2) is 33.7 Å². The fourth-order valence-corrected chi connectivity index (χ4v) is 4.34. The Labute approximate surface area is 152 Å². The van der Waals surface area contributed by atoms with Gasteiger partial charge in [-0.3, -0.25) is 4.79 Å². The van der Waals surface area contributed by atoms with E-state index < -0.39 is 10.0 Å². The molecule has 0 saturated heterocycles. The lowest BCUT2D eigenvalue weighted by molar-refractivity contribution is -0.121. The number of sulfonamides is 1. The molecule has 2 aromatic rings. The van der Waals surface area contributed by atoms with E-state index in [1.807, 2.05) is 24.3 Å². The van der Waals surface area contributed by atoms with Crippen LogP contribution in [0.5, 0.6) is 5.75 Å². The van der Waals surface area contributed by atoms with Gasteiger partial charge in [-0.2, -0.15) is 0 Å². The molecule has 1 unspecified atom stereocenters. The highest BCUT2D eigenvalue weighted by Crippen LogP contribution is 2.31. The maximum absolute atomic E-state index is 12.3. The first kappa shape index (κ1) is 18.4. The molecule has 1 amide bonds. The van der Waals surface area contributed by atoms with E-state index in [9.17, 15) is 13.2 Å². The molecule has 0 radical (unpaired) electrons. The number of aryl methyl sites for hydroxylation is 2.